The van der Waals surface area contributed by atoms with Crippen molar-refractivity contribution in [2.45, 2.75) is 0 Å². The normalized spacial score (nSPS) is 10.2. The molecule has 0 aliphatic rings. The van der Waals surface area contributed by atoms with E-state index < -0.39 is 0 Å². The molecule has 0 fully saturated rings. The van der Waals surface area contributed by atoms with Gasteiger partial charge >= 0.3 is 0 Å². The van der Waals surface area contributed by atoms with Crippen molar-refractivity contribution in [3.8, 4) is 17.2 Å². The van der Waals surface area contributed by atoms with E-state index in [4.69, 9.17) is 28.5 Å². The molecular formula is C20H16Cl2N5O-. The zero-order chi connectivity index (χ0) is 19.9. The third-order valence-electron chi connectivity index (χ3n) is 4.00. The number of nitrogens with zero attached hydrogens (tertiary/aromatic N) is 2. The van der Waals surface area contributed by atoms with Crippen LogP contribution < -0.4 is 16.1 Å². The van der Waals surface area contributed by atoms with E-state index in [1.807, 2.05) is 23.7 Å². The maximum absolute atomic E-state index is 11.3. The predicted octanol–water partition coefficient (Wildman–Crippen LogP) is 5.36. The van der Waals surface area contributed by atoms with E-state index in [0.29, 0.717) is 51.3 Å². The molecule has 8 heteroatoms. The highest BCUT2D eigenvalue weighted by molar-refractivity contribution is 6.36. The second-order valence-corrected chi connectivity index (χ2v) is 6.73. The number of hydrogen-bond acceptors (Lipinski definition) is 6. The van der Waals surface area contributed by atoms with Crippen LogP contribution in [0.15, 0.2) is 54.7 Å². The predicted molar refractivity (Wildman–Crippen MR) is 115 cm³/mol. The van der Waals surface area contributed by atoms with Gasteiger partial charge in [-0.15, -0.1) is 0 Å². The molecule has 0 atom stereocenters. The molecule has 0 amide bonds. The summed E-state index contributed by atoms with van der Waals surface area (Å²) >= 11 is 12.2. The third-order valence-corrected chi connectivity index (χ3v) is 4.55. The van der Waals surface area contributed by atoms with Crippen LogP contribution in [0.4, 0.5) is 17.2 Å². The maximum atomic E-state index is 11.3. The Hall–Kier alpha value is -2.98. The number of nitrogens with one attached hydrogen (secondary N) is 3. The monoisotopic (exact) mass is 412 g/mol. The fourth-order valence-corrected chi connectivity index (χ4v) is 3.15. The first-order valence-corrected chi connectivity index (χ1v) is 9.18. The van der Waals surface area contributed by atoms with Crippen LogP contribution in [-0.2, 0) is 0 Å². The molecular weight excluding hydrogens is 397 g/mol. The number of pyridine rings is 1. The van der Waals surface area contributed by atoms with Gasteiger partial charge in [0.2, 0.25) is 0 Å². The van der Waals surface area contributed by atoms with Crippen molar-refractivity contribution in [2.75, 3.05) is 29.2 Å². The minimum atomic E-state index is 0.426. The maximum Gasteiger partial charge on any atom is 0.126 e. The molecule has 0 aliphatic carbocycles. The lowest BCUT2D eigenvalue weighted by molar-refractivity contribution is 1.06. The average molecular weight is 413 g/mol. The molecule has 0 saturated carbocycles. The lowest BCUT2D eigenvalue weighted by atomic mass is 10.0. The molecule has 6 nitrogen and oxygen atoms in total. The van der Waals surface area contributed by atoms with Crippen molar-refractivity contribution in [3.05, 3.63) is 75.5 Å². The number of hydrogen-bond donors (Lipinski definition) is 3. The Balaban J connectivity index is 1.66. The van der Waals surface area contributed by atoms with Crippen LogP contribution in [0.1, 0.15) is 5.56 Å². The van der Waals surface area contributed by atoms with E-state index in [2.05, 4.69) is 15.6 Å². The molecule has 2 aromatic carbocycles. The molecule has 0 aliphatic heterocycles. The summed E-state index contributed by atoms with van der Waals surface area (Å²) in [6.07, 6.45) is 1.52. The summed E-state index contributed by atoms with van der Waals surface area (Å²) in [6, 6.07) is 16.0. The fraction of sp³-hybridized carbons (Fsp3) is 0.100. The highest BCUT2D eigenvalue weighted by Crippen LogP contribution is 2.36. The van der Waals surface area contributed by atoms with Crippen molar-refractivity contribution >= 4 is 40.4 Å². The van der Waals surface area contributed by atoms with E-state index in [-0.39, 0.29) is 0 Å². The van der Waals surface area contributed by atoms with Gasteiger partial charge < -0.3 is 21.3 Å². The van der Waals surface area contributed by atoms with Gasteiger partial charge in [0.15, 0.2) is 0 Å². The Kier molecular flexibility index (Phi) is 6.56. The van der Waals surface area contributed by atoms with Crippen LogP contribution in [0, 0.1) is 16.5 Å². The first-order valence-electron chi connectivity index (χ1n) is 8.42. The van der Waals surface area contributed by atoms with Crippen molar-refractivity contribution in [2.24, 2.45) is 0 Å². The zero-order valence-electron chi connectivity index (χ0n) is 14.7. The molecule has 0 bridgehead atoms. The van der Waals surface area contributed by atoms with E-state index in [1.54, 1.807) is 36.4 Å². The number of benzene rings is 2. The molecule has 0 radical (unpaired) electrons. The molecule has 0 spiro atoms. The molecule has 1 aromatic heterocycles. The second kappa shape index (κ2) is 9.29. The van der Waals surface area contributed by atoms with Crippen molar-refractivity contribution in [3.63, 3.8) is 0 Å². The summed E-state index contributed by atoms with van der Waals surface area (Å²) in [4.78, 5) is 4.16. The van der Waals surface area contributed by atoms with E-state index in [9.17, 15) is 5.21 Å². The summed E-state index contributed by atoms with van der Waals surface area (Å²) in [5, 5.41) is 27.5. The summed E-state index contributed by atoms with van der Waals surface area (Å²) < 4.78 is 0. The fourth-order valence-electron chi connectivity index (χ4n) is 2.64. The molecule has 142 valence electrons. The summed E-state index contributed by atoms with van der Waals surface area (Å²) in [7, 11) is 0. The Morgan fingerprint density at radius 3 is 2.46 bits per heavy atom. The zero-order valence-corrected chi connectivity index (χ0v) is 16.2. The number of aromatic nitrogens is 1. The average Bonchev–Trinajstić information content (AvgIpc) is 2.71. The first kappa shape index (κ1) is 19.8. The Labute approximate surface area is 172 Å². The highest BCUT2D eigenvalue weighted by atomic mass is 35.5. The first-order chi connectivity index (χ1) is 13.6. The second-order valence-electron chi connectivity index (χ2n) is 5.88. The molecule has 3 rings (SSSR count). The van der Waals surface area contributed by atoms with Crippen molar-refractivity contribution in [1.82, 2.24) is 4.98 Å². The van der Waals surface area contributed by atoms with Crippen LogP contribution in [0.5, 0.6) is 0 Å². The lowest BCUT2D eigenvalue weighted by Crippen LogP contribution is -2.14. The van der Waals surface area contributed by atoms with E-state index >= 15 is 0 Å². The quantitative estimate of drug-likeness (QED) is 0.357. The third kappa shape index (κ3) is 4.84. The van der Waals surface area contributed by atoms with Gasteiger partial charge in [0.1, 0.15) is 11.9 Å². The van der Waals surface area contributed by atoms with Gasteiger partial charge in [-0.2, -0.15) is 5.26 Å². The molecule has 3 aromatic rings. The molecule has 0 unspecified atom stereocenters. The summed E-state index contributed by atoms with van der Waals surface area (Å²) in [6.45, 7) is 1.25. The van der Waals surface area contributed by atoms with Crippen LogP contribution in [-0.4, -0.2) is 18.1 Å². The minimum Gasteiger partial charge on any atom is -0.761 e. The van der Waals surface area contributed by atoms with Crippen LogP contribution in [0.25, 0.3) is 11.1 Å². The number of rotatable bonds is 7. The lowest BCUT2D eigenvalue weighted by Gasteiger charge is -2.18. The summed E-state index contributed by atoms with van der Waals surface area (Å²) in [5.74, 6) is 0.695. The van der Waals surface area contributed by atoms with Gasteiger partial charge in [-0.1, -0.05) is 29.3 Å². The van der Waals surface area contributed by atoms with Gasteiger partial charge in [0.25, 0.3) is 0 Å². The van der Waals surface area contributed by atoms with Gasteiger partial charge in [-0.25, -0.2) is 4.98 Å². The minimum absolute atomic E-state index is 0.426. The van der Waals surface area contributed by atoms with Crippen LogP contribution in [0.2, 0.25) is 10.0 Å². The molecule has 3 N–H and O–H groups in total. The topological polar surface area (TPSA) is 95.8 Å². The Morgan fingerprint density at radius 1 is 0.964 bits per heavy atom. The van der Waals surface area contributed by atoms with Crippen LogP contribution in [0.3, 0.4) is 0 Å². The molecule has 0 saturated heterocycles. The smallest absolute Gasteiger partial charge is 0.126 e. The SMILES string of the molecule is N#Cc1ccc(NCCNc2ccc(N[O-])c(-c3ccc(Cl)cc3Cl)c2)nc1. The van der Waals surface area contributed by atoms with Gasteiger partial charge in [-0.3, -0.25) is 0 Å². The van der Waals surface area contributed by atoms with Gasteiger partial charge in [0.05, 0.1) is 5.56 Å². The standard InChI is InChI=1S/C20H16Cl2N5O/c21-14-2-4-16(18(22)9-14)17-10-15(3-5-19(17)27-28)24-7-8-25-20-6-1-13(11-23)12-26-20/h1-6,9-10,12,24,27H,7-8H2,(H,25,26)/q-1. The largest absolute Gasteiger partial charge is 0.761 e. The number of halogens is 2. The number of nitriles is 1. The number of anilines is 3. The van der Waals surface area contributed by atoms with Gasteiger partial charge in [0, 0.05) is 51.8 Å². The van der Waals surface area contributed by atoms with Crippen LogP contribution >= 0.6 is 23.2 Å². The van der Waals surface area contributed by atoms with Crippen molar-refractivity contribution in [1.29, 1.82) is 5.26 Å². The Bertz CT molecular complexity index is 1000. The molecule has 1 heterocycles. The van der Waals surface area contributed by atoms with E-state index in [0.717, 1.165) is 5.69 Å². The highest BCUT2D eigenvalue weighted by Gasteiger charge is 2.09. The van der Waals surface area contributed by atoms with Crippen molar-refractivity contribution < 1.29 is 0 Å². The summed E-state index contributed by atoms with van der Waals surface area (Å²) in [5.41, 5.74) is 5.13. The molecule has 28 heavy (non-hydrogen) atoms. The van der Waals surface area contributed by atoms with Gasteiger partial charge in [-0.05, 0) is 42.5 Å². The Morgan fingerprint density at radius 2 is 1.79 bits per heavy atom. The van der Waals surface area contributed by atoms with E-state index in [1.165, 1.54) is 6.20 Å².